The van der Waals surface area contributed by atoms with Crippen molar-refractivity contribution in [2.75, 3.05) is 4.72 Å². The second kappa shape index (κ2) is 8.26. The molecule has 2 N–H and O–H groups in total. The first-order chi connectivity index (χ1) is 13.3. The Bertz CT molecular complexity index is 1100. The van der Waals surface area contributed by atoms with Gasteiger partial charge in [0.15, 0.2) is 0 Å². The Morgan fingerprint density at radius 3 is 2.57 bits per heavy atom. The smallest absolute Gasteiger partial charge is 0.263 e. The molecule has 146 valence electrons. The van der Waals surface area contributed by atoms with Crippen LogP contribution in [0.5, 0.6) is 0 Å². The third-order valence-corrected chi connectivity index (χ3v) is 5.98. The van der Waals surface area contributed by atoms with Gasteiger partial charge < -0.3 is 9.73 Å². The van der Waals surface area contributed by atoms with Gasteiger partial charge in [-0.2, -0.15) is 0 Å². The minimum absolute atomic E-state index is 0.0399. The molecule has 0 bridgehead atoms. The number of amides is 1. The molecule has 1 unspecified atom stereocenters. The average molecular weight is 439 g/mol. The number of hydrogen-bond donors (Lipinski definition) is 2. The number of carbonyl (C=O) groups excluding carboxylic acids is 1. The van der Waals surface area contributed by atoms with Gasteiger partial charge in [0.1, 0.15) is 10.7 Å². The van der Waals surface area contributed by atoms with Gasteiger partial charge in [-0.3, -0.25) is 9.52 Å². The van der Waals surface area contributed by atoms with E-state index in [2.05, 4.69) is 10.0 Å². The van der Waals surface area contributed by atoms with Crippen molar-refractivity contribution in [3.05, 3.63) is 82.2 Å². The molecule has 1 heterocycles. The first-order valence-corrected chi connectivity index (χ1v) is 10.4. The van der Waals surface area contributed by atoms with Gasteiger partial charge in [-0.25, -0.2) is 8.42 Å². The number of nitrogens with one attached hydrogen (secondary N) is 2. The van der Waals surface area contributed by atoms with Crippen LogP contribution in [0.25, 0.3) is 0 Å². The van der Waals surface area contributed by atoms with E-state index >= 15 is 0 Å². The summed E-state index contributed by atoms with van der Waals surface area (Å²) in [5.41, 5.74) is 0.505. The van der Waals surface area contributed by atoms with Crippen LogP contribution in [-0.4, -0.2) is 14.3 Å². The summed E-state index contributed by atoms with van der Waals surface area (Å²) in [4.78, 5) is 12.3. The number of benzene rings is 2. The maximum Gasteiger partial charge on any atom is 0.263 e. The summed E-state index contributed by atoms with van der Waals surface area (Å²) in [6.07, 6.45) is 1.52. The second-order valence-corrected chi connectivity index (χ2v) is 8.47. The fourth-order valence-corrected chi connectivity index (χ4v) is 4.32. The SMILES string of the molecule is CC(NC(=O)c1cccc(NS(=O)(=O)c2cc(Cl)ccc2Cl)c1)c1ccco1. The Morgan fingerprint density at radius 2 is 1.86 bits per heavy atom. The number of hydrogen-bond acceptors (Lipinski definition) is 4. The summed E-state index contributed by atoms with van der Waals surface area (Å²) in [5.74, 6) is 0.242. The summed E-state index contributed by atoms with van der Waals surface area (Å²) >= 11 is 11.9. The van der Waals surface area contributed by atoms with Crippen LogP contribution in [0.4, 0.5) is 5.69 Å². The summed E-state index contributed by atoms with van der Waals surface area (Å²) in [5, 5.41) is 3.07. The van der Waals surface area contributed by atoms with Crippen molar-refractivity contribution in [3.63, 3.8) is 0 Å². The Hall–Kier alpha value is -2.48. The number of furan rings is 1. The molecule has 1 atom stereocenters. The monoisotopic (exact) mass is 438 g/mol. The Balaban J connectivity index is 1.79. The van der Waals surface area contributed by atoms with Gasteiger partial charge in [0.2, 0.25) is 0 Å². The highest BCUT2D eigenvalue weighted by atomic mass is 35.5. The molecule has 2 aromatic carbocycles. The van der Waals surface area contributed by atoms with Crippen LogP contribution >= 0.6 is 23.2 Å². The van der Waals surface area contributed by atoms with E-state index in [9.17, 15) is 13.2 Å². The molecule has 0 spiro atoms. The summed E-state index contributed by atoms with van der Waals surface area (Å²) in [6, 6.07) is 13.4. The van der Waals surface area contributed by atoms with Crippen molar-refractivity contribution >= 4 is 44.8 Å². The van der Waals surface area contributed by atoms with Gasteiger partial charge in [0.05, 0.1) is 17.3 Å². The van der Waals surface area contributed by atoms with Crippen LogP contribution in [0.2, 0.25) is 10.0 Å². The molecule has 0 saturated heterocycles. The molecule has 0 aliphatic carbocycles. The van der Waals surface area contributed by atoms with E-state index in [1.807, 2.05) is 0 Å². The molecule has 0 saturated carbocycles. The molecule has 3 rings (SSSR count). The molecule has 0 aliphatic rings. The van der Waals surface area contributed by atoms with Crippen LogP contribution in [0.1, 0.15) is 29.1 Å². The highest BCUT2D eigenvalue weighted by Crippen LogP contribution is 2.27. The van der Waals surface area contributed by atoms with Gasteiger partial charge in [-0.05, 0) is 55.5 Å². The largest absolute Gasteiger partial charge is 0.467 e. The van der Waals surface area contributed by atoms with Crippen molar-refractivity contribution in [2.45, 2.75) is 17.9 Å². The highest BCUT2D eigenvalue weighted by Gasteiger charge is 2.20. The minimum Gasteiger partial charge on any atom is -0.467 e. The lowest BCUT2D eigenvalue weighted by Gasteiger charge is -2.13. The molecular formula is C19H16Cl2N2O4S. The molecule has 1 aromatic heterocycles. The number of sulfonamides is 1. The lowest BCUT2D eigenvalue weighted by Crippen LogP contribution is -2.26. The van der Waals surface area contributed by atoms with Crippen molar-refractivity contribution < 1.29 is 17.6 Å². The summed E-state index contributed by atoms with van der Waals surface area (Å²) in [7, 11) is -3.98. The molecule has 0 radical (unpaired) electrons. The number of anilines is 1. The lowest BCUT2D eigenvalue weighted by molar-refractivity contribution is 0.0935. The minimum atomic E-state index is -3.98. The fourth-order valence-electron chi connectivity index (χ4n) is 2.51. The van der Waals surface area contributed by atoms with E-state index in [1.165, 1.54) is 36.6 Å². The van der Waals surface area contributed by atoms with E-state index in [4.69, 9.17) is 27.6 Å². The first-order valence-electron chi connectivity index (χ1n) is 8.18. The summed E-state index contributed by atoms with van der Waals surface area (Å²) in [6.45, 7) is 1.78. The van der Waals surface area contributed by atoms with E-state index < -0.39 is 10.0 Å². The lowest BCUT2D eigenvalue weighted by atomic mass is 10.1. The Morgan fingerprint density at radius 1 is 1.07 bits per heavy atom. The van der Waals surface area contributed by atoms with E-state index in [0.717, 1.165) is 0 Å². The average Bonchev–Trinajstić information content (AvgIpc) is 3.18. The first kappa shape index (κ1) is 20.3. The fraction of sp³-hybridized carbons (Fsp3) is 0.105. The van der Waals surface area contributed by atoms with E-state index in [-0.39, 0.29) is 38.1 Å². The number of halogens is 2. The second-order valence-electron chi connectivity index (χ2n) is 5.97. The summed E-state index contributed by atoms with van der Waals surface area (Å²) < 4.78 is 32.9. The predicted octanol–water partition coefficient (Wildman–Crippen LogP) is 4.88. The Kier molecular flexibility index (Phi) is 5.98. The predicted molar refractivity (Wildman–Crippen MR) is 108 cm³/mol. The van der Waals surface area contributed by atoms with Crippen LogP contribution in [-0.2, 0) is 10.0 Å². The maximum atomic E-state index is 12.6. The molecule has 0 aliphatic heterocycles. The molecule has 0 fully saturated rings. The Labute approximate surface area is 172 Å². The maximum absolute atomic E-state index is 12.6. The zero-order valence-corrected chi connectivity index (χ0v) is 17.0. The number of carbonyl (C=O) groups is 1. The molecule has 28 heavy (non-hydrogen) atoms. The van der Waals surface area contributed by atoms with Crippen molar-refractivity contribution in [1.29, 1.82) is 0 Å². The topological polar surface area (TPSA) is 88.4 Å². The van der Waals surface area contributed by atoms with Gasteiger partial charge in [-0.15, -0.1) is 0 Å². The molecule has 6 nitrogen and oxygen atoms in total. The molecule has 3 aromatic rings. The van der Waals surface area contributed by atoms with Crippen molar-refractivity contribution in [3.8, 4) is 0 Å². The van der Waals surface area contributed by atoms with Crippen LogP contribution in [0, 0.1) is 0 Å². The van der Waals surface area contributed by atoms with Gasteiger partial charge in [0.25, 0.3) is 15.9 Å². The quantitative estimate of drug-likeness (QED) is 0.573. The van der Waals surface area contributed by atoms with Crippen molar-refractivity contribution in [2.24, 2.45) is 0 Å². The standard InChI is InChI=1S/C19H16Cl2N2O4S/c1-12(17-6-3-9-27-17)22-19(24)13-4-2-5-15(10-13)23-28(25,26)18-11-14(20)7-8-16(18)21/h2-12,23H,1H3,(H,22,24). The normalized spacial score (nSPS) is 12.4. The van der Waals surface area contributed by atoms with Crippen LogP contribution in [0.15, 0.2) is 70.2 Å². The molecule has 9 heteroatoms. The van der Waals surface area contributed by atoms with Gasteiger partial charge in [0, 0.05) is 16.3 Å². The van der Waals surface area contributed by atoms with Crippen molar-refractivity contribution in [1.82, 2.24) is 5.32 Å². The molecule has 1 amide bonds. The highest BCUT2D eigenvalue weighted by molar-refractivity contribution is 7.92. The molecular weight excluding hydrogens is 423 g/mol. The zero-order chi connectivity index (χ0) is 20.3. The van der Waals surface area contributed by atoms with E-state index in [0.29, 0.717) is 5.76 Å². The van der Waals surface area contributed by atoms with E-state index in [1.54, 1.807) is 31.2 Å². The third-order valence-electron chi connectivity index (χ3n) is 3.88. The number of rotatable bonds is 6. The zero-order valence-electron chi connectivity index (χ0n) is 14.6. The van der Waals surface area contributed by atoms with Crippen LogP contribution < -0.4 is 10.0 Å². The van der Waals surface area contributed by atoms with Crippen LogP contribution in [0.3, 0.4) is 0 Å². The van der Waals surface area contributed by atoms with Gasteiger partial charge in [-0.1, -0.05) is 29.3 Å². The van der Waals surface area contributed by atoms with Gasteiger partial charge >= 0.3 is 0 Å². The third kappa shape index (κ3) is 4.67.